The van der Waals surface area contributed by atoms with E-state index >= 15 is 0 Å². The fraction of sp³-hybridized carbons (Fsp3) is 0.400. The number of benzene rings is 1. The predicted molar refractivity (Wildman–Crippen MR) is 139 cm³/mol. The summed E-state index contributed by atoms with van der Waals surface area (Å²) in [6.07, 6.45) is -3.52. The predicted octanol–water partition coefficient (Wildman–Crippen LogP) is 6.70. The largest absolute Gasteiger partial charge is 0.471 e. The van der Waals surface area contributed by atoms with Gasteiger partial charge in [-0.1, -0.05) is 43.9 Å². The van der Waals surface area contributed by atoms with Crippen LogP contribution in [0.3, 0.4) is 0 Å². The summed E-state index contributed by atoms with van der Waals surface area (Å²) < 4.78 is 54.3. The Hall–Kier alpha value is -2.89. The third kappa shape index (κ3) is 6.52. The number of hydrogen-bond acceptors (Lipinski definition) is 5. The van der Waals surface area contributed by atoms with Gasteiger partial charge in [0.15, 0.2) is 5.69 Å². The number of aromatic nitrogens is 5. The zero-order valence-corrected chi connectivity index (χ0v) is 23.1. The highest BCUT2D eigenvalue weighted by Gasteiger charge is 2.34. The fourth-order valence-corrected chi connectivity index (χ4v) is 4.73. The maximum absolute atomic E-state index is 13.0. The van der Waals surface area contributed by atoms with Gasteiger partial charge in [0, 0.05) is 39.2 Å². The second-order valence-electron chi connectivity index (χ2n) is 10.1. The lowest BCUT2D eigenvalue weighted by atomic mass is 10.1. The van der Waals surface area contributed by atoms with Gasteiger partial charge in [0.05, 0.1) is 5.52 Å². The minimum absolute atomic E-state index is 0.0740. The van der Waals surface area contributed by atoms with Gasteiger partial charge in [-0.15, -0.1) is 0 Å². The van der Waals surface area contributed by atoms with E-state index < -0.39 is 19.9 Å². The van der Waals surface area contributed by atoms with E-state index in [9.17, 15) is 13.2 Å². The zero-order chi connectivity index (χ0) is 27.0. The van der Waals surface area contributed by atoms with Crippen LogP contribution in [0.2, 0.25) is 31.0 Å². The van der Waals surface area contributed by atoms with Gasteiger partial charge < -0.3 is 18.6 Å². The van der Waals surface area contributed by atoms with E-state index in [1.807, 2.05) is 17.6 Å². The minimum atomic E-state index is -4.50. The topological polar surface area (TPSA) is 67.0 Å². The van der Waals surface area contributed by atoms with E-state index in [0.29, 0.717) is 35.8 Å². The number of fused-ring (bicyclic) bond motifs is 1. The molecule has 1 aromatic carbocycles. The van der Waals surface area contributed by atoms with Crippen molar-refractivity contribution in [3.63, 3.8) is 0 Å². The van der Waals surface area contributed by atoms with Gasteiger partial charge in [-0.2, -0.15) is 18.2 Å². The SMILES string of the molecule is Cc1cc2nc(Cl)nc(OCc3ccc(-c4nc(C(F)(F)F)cn4C)cc3)c2n1COCC[Si](C)(C)C. The molecule has 0 aliphatic heterocycles. The zero-order valence-electron chi connectivity index (χ0n) is 21.4. The Morgan fingerprint density at radius 2 is 1.76 bits per heavy atom. The Morgan fingerprint density at radius 1 is 1.05 bits per heavy atom. The van der Waals surface area contributed by atoms with Crippen molar-refractivity contribution in [3.05, 3.63) is 58.8 Å². The summed E-state index contributed by atoms with van der Waals surface area (Å²) in [5.41, 5.74) is 2.74. The van der Waals surface area contributed by atoms with Crippen molar-refractivity contribution in [2.45, 2.75) is 52.1 Å². The molecule has 0 fully saturated rings. The number of hydrogen-bond donors (Lipinski definition) is 0. The van der Waals surface area contributed by atoms with Crippen LogP contribution in [0, 0.1) is 6.92 Å². The summed E-state index contributed by atoms with van der Waals surface area (Å²) in [4.78, 5) is 12.4. The monoisotopic (exact) mass is 551 g/mol. The lowest BCUT2D eigenvalue weighted by Crippen LogP contribution is -2.22. The molecule has 0 unspecified atom stereocenters. The molecule has 37 heavy (non-hydrogen) atoms. The van der Waals surface area contributed by atoms with Gasteiger partial charge in [0.25, 0.3) is 0 Å². The molecule has 198 valence electrons. The molecule has 0 N–H and O–H groups in total. The highest BCUT2D eigenvalue weighted by molar-refractivity contribution is 6.76. The summed E-state index contributed by atoms with van der Waals surface area (Å²) in [5, 5.41) is 0.0740. The van der Waals surface area contributed by atoms with Crippen LogP contribution in [0.15, 0.2) is 36.5 Å². The smallest absolute Gasteiger partial charge is 0.434 e. The number of halogens is 4. The van der Waals surface area contributed by atoms with Crippen LogP contribution in [-0.2, 0) is 31.3 Å². The molecule has 0 amide bonds. The highest BCUT2D eigenvalue weighted by atomic mass is 35.5. The molecule has 7 nitrogen and oxygen atoms in total. The molecule has 0 aliphatic carbocycles. The van der Waals surface area contributed by atoms with Gasteiger partial charge in [-0.05, 0) is 36.2 Å². The Labute approximate surface area is 219 Å². The van der Waals surface area contributed by atoms with E-state index in [-0.39, 0.29) is 17.7 Å². The first-order valence-electron chi connectivity index (χ1n) is 11.8. The molecule has 0 atom stereocenters. The molecule has 12 heteroatoms. The van der Waals surface area contributed by atoms with Crippen molar-refractivity contribution in [3.8, 4) is 17.3 Å². The summed E-state index contributed by atoms with van der Waals surface area (Å²) in [6, 6.07) is 9.95. The van der Waals surface area contributed by atoms with Gasteiger partial charge in [-0.25, -0.2) is 9.97 Å². The van der Waals surface area contributed by atoms with E-state index in [1.54, 1.807) is 24.3 Å². The maximum Gasteiger partial charge on any atom is 0.434 e. The van der Waals surface area contributed by atoms with Crippen molar-refractivity contribution >= 4 is 30.7 Å². The molecule has 3 heterocycles. The Morgan fingerprint density at radius 3 is 2.38 bits per heavy atom. The number of alkyl halides is 3. The third-order valence-electron chi connectivity index (χ3n) is 5.86. The normalized spacial score (nSPS) is 12.5. The highest BCUT2D eigenvalue weighted by Crippen LogP contribution is 2.31. The molecule has 4 rings (SSSR count). The molecular weight excluding hydrogens is 523 g/mol. The molecule has 0 aliphatic rings. The fourth-order valence-electron chi connectivity index (χ4n) is 3.80. The molecule has 0 bridgehead atoms. The van der Waals surface area contributed by atoms with Crippen LogP contribution >= 0.6 is 11.6 Å². The average Bonchev–Trinajstić information content (AvgIpc) is 3.34. The Bertz CT molecular complexity index is 1390. The molecular formula is C25H29ClF3N5O2Si. The van der Waals surface area contributed by atoms with Crippen LogP contribution in [-0.4, -0.2) is 38.8 Å². The first-order chi connectivity index (χ1) is 17.3. The second kappa shape index (κ2) is 10.5. The van der Waals surface area contributed by atoms with Crippen molar-refractivity contribution in [1.82, 2.24) is 24.1 Å². The van der Waals surface area contributed by atoms with E-state index in [4.69, 9.17) is 21.1 Å². The van der Waals surface area contributed by atoms with Gasteiger partial charge >= 0.3 is 6.18 Å². The molecule has 0 radical (unpaired) electrons. The first-order valence-corrected chi connectivity index (χ1v) is 15.8. The van der Waals surface area contributed by atoms with Crippen LogP contribution < -0.4 is 4.74 Å². The van der Waals surface area contributed by atoms with Gasteiger partial charge in [-0.3, -0.25) is 0 Å². The van der Waals surface area contributed by atoms with Crippen LogP contribution in [0.1, 0.15) is 17.0 Å². The quantitative estimate of drug-likeness (QED) is 0.131. The average molecular weight is 552 g/mol. The second-order valence-corrected chi connectivity index (χ2v) is 16.1. The summed E-state index contributed by atoms with van der Waals surface area (Å²) >= 11 is 6.15. The standard InChI is InChI=1S/C25H29ClF3N5O2Si/c1-16-12-19-21(34(16)15-35-10-11-37(3,4)5)23(32-24(26)30-19)36-14-17-6-8-18(9-7-17)22-31-20(13-33(22)2)25(27,28)29/h6-9,12-13H,10-11,14-15H2,1-5H3. The van der Waals surface area contributed by atoms with Gasteiger partial charge in [0.1, 0.15) is 24.7 Å². The van der Waals surface area contributed by atoms with Crippen molar-refractivity contribution in [1.29, 1.82) is 0 Å². The maximum atomic E-state index is 13.0. The van der Waals surface area contributed by atoms with E-state index in [1.165, 1.54) is 11.6 Å². The molecule has 0 saturated heterocycles. The molecule has 4 aromatic rings. The summed E-state index contributed by atoms with van der Waals surface area (Å²) in [6.45, 7) is 10.1. The first kappa shape index (κ1) is 27.1. The number of nitrogens with zero attached hydrogens (tertiary/aromatic N) is 5. The van der Waals surface area contributed by atoms with Crippen molar-refractivity contribution in [2.24, 2.45) is 7.05 Å². The van der Waals surface area contributed by atoms with Crippen molar-refractivity contribution < 1.29 is 22.6 Å². The third-order valence-corrected chi connectivity index (χ3v) is 7.74. The van der Waals surface area contributed by atoms with Crippen LogP contribution in [0.25, 0.3) is 22.4 Å². The number of rotatable bonds is 9. The Balaban J connectivity index is 1.51. The number of aryl methyl sites for hydroxylation is 2. The number of imidazole rings is 1. The summed E-state index contributed by atoms with van der Waals surface area (Å²) in [7, 11) is 0.325. The minimum Gasteiger partial charge on any atom is -0.471 e. The van der Waals surface area contributed by atoms with E-state index in [0.717, 1.165) is 23.5 Å². The number of ether oxygens (including phenoxy) is 2. The van der Waals surface area contributed by atoms with E-state index in [2.05, 4.69) is 34.6 Å². The van der Waals surface area contributed by atoms with Crippen molar-refractivity contribution in [2.75, 3.05) is 6.61 Å². The molecule has 0 saturated carbocycles. The lowest BCUT2D eigenvalue weighted by molar-refractivity contribution is -0.140. The molecule has 0 spiro atoms. The summed E-state index contributed by atoms with van der Waals surface area (Å²) in [5.74, 6) is 0.561. The van der Waals surface area contributed by atoms with Gasteiger partial charge in [0.2, 0.25) is 11.2 Å². The lowest BCUT2D eigenvalue weighted by Gasteiger charge is -2.17. The molecule has 3 aromatic heterocycles. The van der Waals surface area contributed by atoms with Crippen LogP contribution in [0.5, 0.6) is 5.88 Å². The van der Waals surface area contributed by atoms with Crippen LogP contribution in [0.4, 0.5) is 13.2 Å². The Kier molecular flexibility index (Phi) is 7.68.